The second-order valence-electron chi connectivity index (χ2n) is 8.15. The largest absolute Gasteiger partial charge is 0.480 e. The number of anilines is 1. The Kier molecular flexibility index (Phi) is 7.67. The van der Waals surface area contributed by atoms with Gasteiger partial charge in [0.05, 0.1) is 5.69 Å². The molecule has 11 heteroatoms. The summed E-state index contributed by atoms with van der Waals surface area (Å²) in [7, 11) is 0. The Balaban J connectivity index is 2.00. The molecule has 0 saturated carbocycles. The van der Waals surface area contributed by atoms with Crippen LogP contribution in [0.2, 0.25) is 0 Å². The number of carboxylic acid groups (broad SMARTS) is 1. The fourth-order valence-electron chi connectivity index (χ4n) is 2.91. The van der Waals surface area contributed by atoms with Gasteiger partial charge in [-0.3, -0.25) is 10.2 Å². The van der Waals surface area contributed by atoms with E-state index in [4.69, 9.17) is 20.6 Å². The molecule has 0 bridgehead atoms. The molecule has 2 rings (SSSR count). The molecule has 0 unspecified atom stereocenters. The highest BCUT2D eigenvalue weighted by Gasteiger charge is 2.28. The normalized spacial score (nSPS) is 16.2. The lowest BCUT2D eigenvalue weighted by Crippen LogP contribution is -2.44. The molecule has 0 aromatic heterocycles. The maximum atomic E-state index is 12.3. The molecule has 1 aromatic rings. The zero-order valence-corrected chi connectivity index (χ0v) is 17.8. The number of carbonyl (C=O) groups excluding carboxylic acids is 2. The summed E-state index contributed by atoms with van der Waals surface area (Å²) in [5, 5.41) is 24.3. The van der Waals surface area contributed by atoms with E-state index in [9.17, 15) is 19.5 Å². The zero-order valence-electron chi connectivity index (χ0n) is 17.8. The number of aliphatic carboxylic acids is 1. The Morgan fingerprint density at radius 2 is 2.10 bits per heavy atom. The van der Waals surface area contributed by atoms with Crippen LogP contribution >= 0.6 is 0 Å². The van der Waals surface area contributed by atoms with Crippen LogP contribution in [0.3, 0.4) is 0 Å². The molecular formula is C20H29N5O6. The van der Waals surface area contributed by atoms with Gasteiger partial charge in [-0.25, -0.2) is 9.59 Å². The first-order chi connectivity index (χ1) is 14.4. The lowest BCUT2D eigenvalue weighted by atomic mass is 10.0. The van der Waals surface area contributed by atoms with E-state index in [1.165, 1.54) is 0 Å². The van der Waals surface area contributed by atoms with Crippen molar-refractivity contribution in [2.24, 2.45) is 5.73 Å². The van der Waals surface area contributed by atoms with Crippen LogP contribution in [0.15, 0.2) is 18.2 Å². The molecule has 11 nitrogen and oxygen atoms in total. The van der Waals surface area contributed by atoms with Crippen molar-refractivity contribution < 1.29 is 29.0 Å². The average Bonchev–Trinajstić information content (AvgIpc) is 2.63. The Morgan fingerprint density at radius 3 is 2.71 bits per heavy atom. The molecule has 1 aliphatic rings. The van der Waals surface area contributed by atoms with Crippen LogP contribution in [-0.2, 0) is 20.7 Å². The number of hydrogen-bond donors (Lipinski definition) is 6. The van der Waals surface area contributed by atoms with Crippen LogP contribution in [0, 0.1) is 5.41 Å². The van der Waals surface area contributed by atoms with Gasteiger partial charge >= 0.3 is 12.1 Å². The Morgan fingerprint density at radius 1 is 1.39 bits per heavy atom. The van der Waals surface area contributed by atoms with Crippen LogP contribution in [0.1, 0.15) is 39.2 Å². The van der Waals surface area contributed by atoms with Crippen molar-refractivity contribution in [1.82, 2.24) is 10.6 Å². The number of benzene rings is 1. The quantitative estimate of drug-likeness (QED) is 0.200. The highest BCUT2D eigenvalue weighted by atomic mass is 16.6. The van der Waals surface area contributed by atoms with E-state index in [2.05, 4.69) is 16.0 Å². The molecule has 0 spiro atoms. The predicted octanol–water partition coefficient (Wildman–Crippen LogP) is 1.17. The minimum absolute atomic E-state index is 0.00211. The number of carbonyl (C=O) groups is 3. The summed E-state index contributed by atoms with van der Waals surface area (Å²) in [6.07, 6.45) is -0.474. The summed E-state index contributed by atoms with van der Waals surface area (Å²) in [5.74, 6) is -1.18. The summed E-state index contributed by atoms with van der Waals surface area (Å²) >= 11 is 0. The van der Waals surface area contributed by atoms with Crippen molar-refractivity contribution in [3.63, 3.8) is 0 Å². The van der Waals surface area contributed by atoms with E-state index < -0.39 is 29.8 Å². The monoisotopic (exact) mass is 435 g/mol. The van der Waals surface area contributed by atoms with Crippen molar-refractivity contribution in [3.8, 4) is 5.75 Å². The van der Waals surface area contributed by atoms with Crippen molar-refractivity contribution in [1.29, 1.82) is 5.41 Å². The first kappa shape index (κ1) is 23.8. The van der Waals surface area contributed by atoms with E-state index >= 15 is 0 Å². The zero-order chi connectivity index (χ0) is 23.2. The number of hydrogen-bond acceptors (Lipinski definition) is 6. The number of alkyl carbamates (subject to hydrolysis) is 1. The number of guanidine groups is 1. The molecular weight excluding hydrogens is 406 g/mol. The molecule has 2 atom stereocenters. The van der Waals surface area contributed by atoms with Gasteiger partial charge < -0.3 is 36.3 Å². The number of carboxylic acids is 1. The van der Waals surface area contributed by atoms with E-state index in [1.54, 1.807) is 39.0 Å². The topological polar surface area (TPSA) is 176 Å². The molecule has 31 heavy (non-hydrogen) atoms. The van der Waals surface area contributed by atoms with Gasteiger partial charge in [0.1, 0.15) is 17.4 Å². The van der Waals surface area contributed by atoms with E-state index in [0.717, 1.165) is 0 Å². The van der Waals surface area contributed by atoms with Crippen molar-refractivity contribution >= 4 is 29.6 Å². The Bertz CT molecular complexity index is 851. The lowest BCUT2D eigenvalue weighted by Gasteiger charge is -2.26. The third-order valence-electron chi connectivity index (χ3n) is 4.25. The molecule has 2 amide bonds. The smallest absolute Gasteiger partial charge is 0.408 e. The molecule has 0 fully saturated rings. The van der Waals surface area contributed by atoms with Crippen molar-refractivity contribution in [3.05, 3.63) is 23.8 Å². The highest BCUT2D eigenvalue weighted by molar-refractivity contribution is 5.97. The SMILES string of the molecule is CC(C)(C)OC(=O)N[C@@H](Cc1ccc2c(c1)NC(=O)[C@@H](CCCNC(=N)N)O2)C(=O)O. The Labute approximate surface area is 180 Å². The third kappa shape index (κ3) is 7.68. The summed E-state index contributed by atoms with van der Waals surface area (Å²) in [6, 6.07) is 3.75. The summed E-state index contributed by atoms with van der Waals surface area (Å²) < 4.78 is 10.9. The molecule has 1 heterocycles. The average molecular weight is 435 g/mol. The minimum Gasteiger partial charge on any atom is -0.480 e. The van der Waals surface area contributed by atoms with Crippen LogP contribution in [-0.4, -0.2) is 53.3 Å². The van der Waals surface area contributed by atoms with Gasteiger partial charge in [-0.1, -0.05) is 6.07 Å². The maximum absolute atomic E-state index is 12.3. The van der Waals surface area contributed by atoms with Crippen LogP contribution in [0.25, 0.3) is 0 Å². The van der Waals surface area contributed by atoms with Crippen LogP contribution in [0.4, 0.5) is 10.5 Å². The van der Waals surface area contributed by atoms with Crippen molar-refractivity contribution in [2.45, 2.75) is 57.8 Å². The first-order valence-corrected chi connectivity index (χ1v) is 9.85. The van der Waals surface area contributed by atoms with Gasteiger partial charge in [-0.2, -0.15) is 0 Å². The number of nitrogens with two attached hydrogens (primary N) is 1. The number of amides is 2. The second kappa shape index (κ2) is 10.0. The summed E-state index contributed by atoms with van der Waals surface area (Å²) in [5.41, 5.74) is 5.49. The van der Waals surface area contributed by atoms with Gasteiger partial charge in [-0.05, 0) is 51.3 Å². The lowest BCUT2D eigenvalue weighted by molar-refractivity contribution is -0.139. The standard InChI is InChI=1S/C20H29N5O6/c1-20(2,3)31-19(29)25-13(17(27)28)10-11-6-7-14-12(9-11)24-16(26)15(30-14)5-4-8-23-18(21)22/h6-7,9,13,15H,4-5,8,10H2,1-3H3,(H,24,26)(H,25,29)(H,27,28)(H4,21,22,23)/t13-,15+/m0/s1. The minimum atomic E-state index is -1.21. The number of rotatable bonds is 8. The summed E-state index contributed by atoms with van der Waals surface area (Å²) in [4.78, 5) is 35.8. The Hall–Kier alpha value is -3.50. The van der Waals surface area contributed by atoms with Gasteiger partial charge in [-0.15, -0.1) is 0 Å². The molecule has 170 valence electrons. The van der Waals surface area contributed by atoms with Crippen molar-refractivity contribution in [2.75, 3.05) is 11.9 Å². The van der Waals surface area contributed by atoms with E-state index in [1.807, 2.05) is 0 Å². The second-order valence-corrected chi connectivity index (χ2v) is 8.15. The molecule has 0 radical (unpaired) electrons. The first-order valence-electron chi connectivity index (χ1n) is 9.85. The fraction of sp³-hybridized carbons (Fsp3) is 0.500. The number of ether oxygens (including phenoxy) is 2. The van der Waals surface area contributed by atoms with Gasteiger partial charge in [0.15, 0.2) is 12.1 Å². The van der Waals surface area contributed by atoms with E-state index in [0.29, 0.717) is 36.4 Å². The molecule has 7 N–H and O–H groups in total. The maximum Gasteiger partial charge on any atom is 0.408 e. The third-order valence-corrected chi connectivity index (χ3v) is 4.25. The summed E-state index contributed by atoms with van der Waals surface area (Å²) in [6.45, 7) is 5.50. The number of fused-ring (bicyclic) bond motifs is 1. The van der Waals surface area contributed by atoms with Gasteiger partial charge in [0, 0.05) is 13.0 Å². The van der Waals surface area contributed by atoms with Crippen LogP contribution < -0.4 is 26.4 Å². The van der Waals surface area contributed by atoms with E-state index in [-0.39, 0.29) is 18.3 Å². The molecule has 0 aliphatic carbocycles. The van der Waals surface area contributed by atoms with Gasteiger partial charge in [0.25, 0.3) is 5.91 Å². The molecule has 1 aromatic carbocycles. The highest BCUT2D eigenvalue weighted by Crippen LogP contribution is 2.32. The van der Waals surface area contributed by atoms with Crippen LogP contribution in [0.5, 0.6) is 5.75 Å². The van der Waals surface area contributed by atoms with Gasteiger partial charge in [0.2, 0.25) is 0 Å². The number of nitrogens with one attached hydrogen (secondary N) is 4. The molecule has 1 aliphatic heterocycles. The fourth-order valence-corrected chi connectivity index (χ4v) is 2.91. The predicted molar refractivity (Wildman–Crippen MR) is 113 cm³/mol. The molecule has 0 saturated heterocycles.